The lowest BCUT2D eigenvalue weighted by atomic mass is 10.1. The smallest absolute Gasteiger partial charge is 0.227 e. The molecule has 2 aromatic heterocycles. The molecule has 2 N–H and O–H groups in total. The number of amides is 1. The summed E-state index contributed by atoms with van der Waals surface area (Å²) in [5.41, 5.74) is 4.34. The first kappa shape index (κ1) is 18.9. The van der Waals surface area contributed by atoms with Crippen molar-refractivity contribution in [2.24, 2.45) is 0 Å². The van der Waals surface area contributed by atoms with Crippen molar-refractivity contribution in [2.75, 3.05) is 7.05 Å². The number of nitrogens with one attached hydrogen (secondary N) is 2. The van der Waals surface area contributed by atoms with Crippen LogP contribution in [0.15, 0.2) is 48.5 Å². The number of carbonyl (C=O) groups is 1. The minimum Gasteiger partial charge on any atom is -0.359 e. The van der Waals surface area contributed by atoms with Crippen molar-refractivity contribution in [1.82, 2.24) is 30.0 Å². The fraction of sp³-hybridized carbons (Fsp3) is 0.273. The van der Waals surface area contributed by atoms with Gasteiger partial charge in [-0.05, 0) is 36.6 Å². The van der Waals surface area contributed by atoms with Gasteiger partial charge in [0.05, 0.1) is 17.5 Å². The van der Waals surface area contributed by atoms with Crippen LogP contribution in [0.25, 0.3) is 11.0 Å². The summed E-state index contributed by atoms with van der Waals surface area (Å²) in [7, 11) is 1.62. The van der Waals surface area contributed by atoms with Gasteiger partial charge in [0.2, 0.25) is 5.91 Å². The zero-order valence-electron chi connectivity index (χ0n) is 16.6. The highest BCUT2D eigenvalue weighted by Gasteiger charge is 2.14. The number of aryl methyl sites for hydroxylation is 3. The summed E-state index contributed by atoms with van der Waals surface area (Å²) < 4.78 is 1.92. The highest BCUT2D eigenvalue weighted by Crippen LogP contribution is 2.16. The Labute approximate surface area is 169 Å². The van der Waals surface area contributed by atoms with Gasteiger partial charge in [0.25, 0.3) is 0 Å². The standard InChI is InChI=1S/C22H24N6O/c1-15-24-18-9-8-17(12-19(18)25-15)13-21-26-20(14-22(29)23-2)27-28(21)11-10-16-6-4-3-5-7-16/h3-9,12H,10-11,13-14H2,1-2H3,(H,23,29)(H,24,25). The monoisotopic (exact) mass is 388 g/mol. The summed E-state index contributed by atoms with van der Waals surface area (Å²) in [6.07, 6.45) is 1.68. The molecular formula is C22H24N6O. The summed E-state index contributed by atoms with van der Waals surface area (Å²) in [5, 5.41) is 7.23. The minimum absolute atomic E-state index is 0.0916. The lowest BCUT2D eigenvalue weighted by Crippen LogP contribution is -2.20. The van der Waals surface area contributed by atoms with Gasteiger partial charge < -0.3 is 10.3 Å². The van der Waals surface area contributed by atoms with E-state index in [2.05, 4.69) is 49.6 Å². The van der Waals surface area contributed by atoms with E-state index in [0.717, 1.165) is 34.7 Å². The fourth-order valence-electron chi connectivity index (χ4n) is 3.40. The molecule has 0 radical (unpaired) electrons. The molecule has 0 atom stereocenters. The van der Waals surface area contributed by atoms with Crippen LogP contribution < -0.4 is 5.32 Å². The number of rotatable bonds is 7. The number of aromatic amines is 1. The first-order valence-electron chi connectivity index (χ1n) is 9.73. The van der Waals surface area contributed by atoms with E-state index in [0.29, 0.717) is 18.8 Å². The average molecular weight is 388 g/mol. The lowest BCUT2D eigenvalue weighted by molar-refractivity contribution is -0.120. The molecule has 7 heteroatoms. The molecule has 0 aliphatic carbocycles. The van der Waals surface area contributed by atoms with E-state index < -0.39 is 0 Å². The molecule has 4 aromatic rings. The topological polar surface area (TPSA) is 88.5 Å². The van der Waals surface area contributed by atoms with Crippen molar-refractivity contribution in [2.45, 2.75) is 32.7 Å². The predicted molar refractivity (Wildman–Crippen MR) is 112 cm³/mol. The summed E-state index contributed by atoms with van der Waals surface area (Å²) >= 11 is 0. The van der Waals surface area contributed by atoms with E-state index in [9.17, 15) is 4.79 Å². The zero-order chi connectivity index (χ0) is 20.2. The first-order valence-corrected chi connectivity index (χ1v) is 9.73. The van der Waals surface area contributed by atoms with Crippen LogP contribution in [0, 0.1) is 6.92 Å². The second-order valence-corrected chi connectivity index (χ2v) is 7.10. The molecule has 2 heterocycles. The Morgan fingerprint density at radius 2 is 1.93 bits per heavy atom. The van der Waals surface area contributed by atoms with Crippen molar-refractivity contribution >= 4 is 16.9 Å². The van der Waals surface area contributed by atoms with Crippen LogP contribution in [0.3, 0.4) is 0 Å². The Balaban J connectivity index is 1.59. The molecule has 0 saturated heterocycles. The average Bonchev–Trinajstić information content (AvgIpc) is 3.28. The molecule has 29 heavy (non-hydrogen) atoms. The summed E-state index contributed by atoms with van der Waals surface area (Å²) in [6, 6.07) is 16.5. The van der Waals surface area contributed by atoms with Gasteiger partial charge in [-0.1, -0.05) is 36.4 Å². The highest BCUT2D eigenvalue weighted by atomic mass is 16.1. The Hall–Kier alpha value is -3.48. The molecule has 7 nitrogen and oxygen atoms in total. The highest BCUT2D eigenvalue weighted by molar-refractivity contribution is 5.77. The molecule has 1 amide bonds. The van der Waals surface area contributed by atoms with Crippen molar-refractivity contribution in [3.63, 3.8) is 0 Å². The molecule has 0 spiro atoms. The summed E-state index contributed by atoms with van der Waals surface area (Å²) in [5.74, 6) is 2.21. The third-order valence-electron chi connectivity index (χ3n) is 4.87. The van der Waals surface area contributed by atoms with Crippen molar-refractivity contribution in [3.8, 4) is 0 Å². The molecule has 4 rings (SSSR count). The van der Waals surface area contributed by atoms with Crippen molar-refractivity contribution in [3.05, 3.63) is 77.1 Å². The number of hydrogen-bond acceptors (Lipinski definition) is 4. The molecule has 148 valence electrons. The van der Waals surface area contributed by atoms with Crippen LogP contribution in [0.2, 0.25) is 0 Å². The number of H-pyrrole nitrogens is 1. The van der Waals surface area contributed by atoms with Crippen LogP contribution in [0.5, 0.6) is 0 Å². The minimum atomic E-state index is -0.0916. The second kappa shape index (κ2) is 8.26. The third-order valence-corrected chi connectivity index (χ3v) is 4.87. The number of nitrogens with zero attached hydrogens (tertiary/aromatic N) is 4. The van der Waals surface area contributed by atoms with Crippen LogP contribution in [0.4, 0.5) is 0 Å². The van der Waals surface area contributed by atoms with E-state index in [4.69, 9.17) is 0 Å². The number of hydrogen-bond donors (Lipinski definition) is 2. The van der Waals surface area contributed by atoms with E-state index in [1.54, 1.807) is 7.05 Å². The first-order chi connectivity index (χ1) is 14.1. The zero-order valence-corrected chi connectivity index (χ0v) is 16.6. The van der Waals surface area contributed by atoms with Crippen molar-refractivity contribution < 1.29 is 4.79 Å². The van der Waals surface area contributed by atoms with Crippen LogP contribution >= 0.6 is 0 Å². The number of likely N-dealkylation sites (N-methyl/N-ethyl adjacent to an activating group) is 1. The summed E-state index contributed by atoms with van der Waals surface area (Å²) in [6.45, 7) is 2.66. The van der Waals surface area contributed by atoms with Gasteiger partial charge in [-0.2, -0.15) is 5.10 Å². The molecule has 0 aliphatic heterocycles. The van der Waals surface area contributed by atoms with Gasteiger partial charge in [-0.15, -0.1) is 0 Å². The number of imidazole rings is 1. The van der Waals surface area contributed by atoms with E-state index in [1.165, 1.54) is 5.56 Å². The van der Waals surface area contributed by atoms with Gasteiger partial charge in [-0.3, -0.25) is 4.79 Å². The molecule has 0 bridgehead atoms. The predicted octanol–water partition coefficient (Wildman–Crippen LogP) is 2.58. The van der Waals surface area contributed by atoms with Crippen LogP contribution in [-0.4, -0.2) is 37.7 Å². The van der Waals surface area contributed by atoms with Gasteiger partial charge in [-0.25, -0.2) is 14.6 Å². The van der Waals surface area contributed by atoms with Crippen molar-refractivity contribution in [1.29, 1.82) is 0 Å². The molecule has 0 saturated carbocycles. The number of aromatic nitrogens is 5. The lowest BCUT2D eigenvalue weighted by Gasteiger charge is -2.06. The van der Waals surface area contributed by atoms with Crippen LogP contribution in [-0.2, 0) is 30.6 Å². The molecule has 0 fully saturated rings. The van der Waals surface area contributed by atoms with Gasteiger partial charge in [0.15, 0.2) is 5.82 Å². The normalized spacial score (nSPS) is 11.1. The fourth-order valence-corrected chi connectivity index (χ4v) is 3.40. The van der Waals surface area contributed by atoms with Crippen LogP contribution in [0.1, 0.15) is 28.6 Å². The van der Waals surface area contributed by atoms with Gasteiger partial charge in [0, 0.05) is 20.0 Å². The Bertz CT molecular complexity index is 1130. The van der Waals surface area contributed by atoms with E-state index in [1.807, 2.05) is 35.9 Å². The molecule has 2 aromatic carbocycles. The number of benzene rings is 2. The Morgan fingerprint density at radius 1 is 1.10 bits per heavy atom. The largest absolute Gasteiger partial charge is 0.359 e. The van der Waals surface area contributed by atoms with E-state index >= 15 is 0 Å². The summed E-state index contributed by atoms with van der Waals surface area (Å²) in [4.78, 5) is 24.2. The maximum Gasteiger partial charge on any atom is 0.227 e. The number of fused-ring (bicyclic) bond motifs is 1. The van der Waals surface area contributed by atoms with E-state index in [-0.39, 0.29) is 12.3 Å². The second-order valence-electron chi connectivity index (χ2n) is 7.10. The SMILES string of the molecule is CNC(=O)Cc1nc(Cc2ccc3nc(C)[nH]c3c2)n(CCc2ccccc2)n1. The quantitative estimate of drug-likeness (QED) is 0.509. The molecule has 0 aliphatic rings. The van der Waals surface area contributed by atoms with Gasteiger partial charge in [0.1, 0.15) is 11.6 Å². The number of carbonyl (C=O) groups excluding carboxylic acids is 1. The van der Waals surface area contributed by atoms with Gasteiger partial charge >= 0.3 is 0 Å². The maximum atomic E-state index is 11.8. The Kier molecular flexibility index (Phi) is 5.37. The third kappa shape index (κ3) is 4.51. The molecule has 0 unspecified atom stereocenters. The molecular weight excluding hydrogens is 364 g/mol. The Morgan fingerprint density at radius 3 is 2.72 bits per heavy atom. The maximum absolute atomic E-state index is 11.8.